The third-order valence-electron chi connectivity index (χ3n) is 3.49. The highest BCUT2D eigenvalue weighted by atomic mass is 127. The average Bonchev–Trinajstić information content (AvgIpc) is 2.52. The Bertz CT molecular complexity index is 532. The van der Waals surface area contributed by atoms with E-state index in [1.165, 1.54) is 5.56 Å². The van der Waals surface area contributed by atoms with Gasteiger partial charge in [0, 0.05) is 31.7 Å². The van der Waals surface area contributed by atoms with Gasteiger partial charge in [0.2, 0.25) is 5.91 Å². The highest BCUT2D eigenvalue weighted by Crippen LogP contribution is 2.13. The number of hydrogen-bond acceptors (Lipinski definition) is 2. The second-order valence-electron chi connectivity index (χ2n) is 5.97. The van der Waals surface area contributed by atoms with Crippen molar-refractivity contribution in [2.24, 2.45) is 10.4 Å². The largest absolute Gasteiger partial charge is 0.356 e. The number of hydrogen-bond donors (Lipinski definition) is 3. The zero-order valence-electron chi connectivity index (χ0n) is 14.8. The van der Waals surface area contributed by atoms with Gasteiger partial charge in [0.25, 0.3) is 0 Å². The van der Waals surface area contributed by atoms with Gasteiger partial charge in [-0.1, -0.05) is 23.7 Å². The molecule has 1 amide bonds. The Morgan fingerprint density at radius 2 is 1.79 bits per heavy atom. The van der Waals surface area contributed by atoms with Crippen molar-refractivity contribution >= 4 is 47.4 Å². The van der Waals surface area contributed by atoms with Gasteiger partial charge in [-0.3, -0.25) is 9.79 Å². The van der Waals surface area contributed by atoms with Crippen LogP contribution >= 0.6 is 35.6 Å². The fourth-order valence-corrected chi connectivity index (χ4v) is 2.11. The van der Waals surface area contributed by atoms with Gasteiger partial charge in [-0.2, -0.15) is 0 Å². The Kier molecular flexibility index (Phi) is 11.0. The molecule has 136 valence electrons. The van der Waals surface area contributed by atoms with Crippen LogP contribution in [0.4, 0.5) is 0 Å². The summed E-state index contributed by atoms with van der Waals surface area (Å²) < 4.78 is 0. The van der Waals surface area contributed by atoms with E-state index in [4.69, 9.17) is 11.6 Å². The standard InChI is InChI=1S/C17H27ClN4O.HI/c1-5-20-15(23)17(2,3)12-22-16(19-4)21-11-10-13-6-8-14(18)9-7-13;/h6-9H,5,10-12H2,1-4H3,(H,20,23)(H2,19,21,22);1H. The summed E-state index contributed by atoms with van der Waals surface area (Å²) in [5, 5.41) is 10.0. The molecule has 0 bridgehead atoms. The third kappa shape index (κ3) is 8.19. The number of benzene rings is 1. The Balaban J connectivity index is 0.00000529. The first-order valence-electron chi connectivity index (χ1n) is 7.86. The Morgan fingerprint density at radius 1 is 1.17 bits per heavy atom. The lowest BCUT2D eigenvalue weighted by molar-refractivity contribution is -0.128. The molecule has 1 aromatic rings. The molecule has 0 aliphatic carbocycles. The molecule has 0 saturated carbocycles. The summed E-state index contributed by atoms with van der Waals surface area (Å²) in [5.41, 5.74) is 0.712. The van der Waals surface area contributed by atoms with E-state index >= 15 is 0 Å². The molecule has 0 aliphatic rings. The molecule has 0 radical (unpaired) electrons. The van der Waals surface area contributed by atoms with Crippen LogP contribution in [0.3, 0.4) is 0 Å². The summed E-state index contributed by atoms with van der Waals surface area (Å²) in [6.45, 7) is 7.63. The predicted molar refractivity (Wildman–Crippen MR) is 112 cm³/mol. The number of nitrogens with zero attached hydrogens (tertiary/aromatic N) is 1. The molecular formula is C17H28ClIN4O. The van der Waals surface area contributed by atoms with E-state index in [2.05, 4.69) is 20.9 Å². The number of rotatable bonds is 7. The van der Waals surface area contributed by atoms with Gasteiger partial charge in [-0.25, -0.2) is 0 Å². The lowest BCUT2D eigenvalue weighted by Crippen LogP contribution is -2.48. The van der Waals surface area contributed by atoms with E-state index < -0.39 is 5.41 Å². The lowest BCUT2D eigenvalue weighted by atomic mass is 9.92. The van der Waals surface area contributed by atoms with Gasteiger partial charge < -0.3 is 16.0 Å². The predicted octanol–water partition coefficient (Wildman–Crippen LogP) is 2.83. The summed E-state index contributed by atoms with van der Waals surface area (Å²) in [7, 11) is 1.72. The fraction of sp³-hybridized carbons (Fsp3) is 0.529. The summed E-state index contributed by atoms with van der Waals surface area (Å²) in [6, 6.07) is 7.80. The lowest BCUT2D eigenvalue weighted by Gasteiger charge is -2.24. The Hall–Kier alpha value is -1.02. The number of halogens is 2. The van der Waals surface area contributed by atoms with Crippen LogP contribution in [-0.2, 0) is 11.2 Å². The van der Waals surface area contributed by atoms with Crippen molar-refractivity contribution in [2.45, 2.75) is 27.2 Å². The summed E-state index contributed by atoms with van der Waals surface area (Å²) in [4.78, 5) is 16.2. The smallest absolute Gasteiger partial charge is 0.227 e. The van der Waals surface area contributed by atoms with Crippen LogP contribution in [0.25, 0.3) is 0 Å². The molecule has 0 unspecified atom stereocenters. The Morgan fingerprint density at radius 3 is 2.33 bits per heavy atom. The van der Waals surface area contributed by atoms with E-state index in [1.807, 2.05) is 45.0 Å². The molecule has 7 heteroatoms. The van der Waals surface area contributed by atoms with Crippen LogP contribution in [0.1, 0.15) is 26.3 Å². The maximum atomic E-state index is 12.0. The maximum absolute atomic E-state index is 12.0. The molecule has 0 aromatic heterocycles. The van der Waals surface area contributed by atoms with Crippen LogP contribution in [0.2, 0.25) is 5.02 Å². The van der Waals surface area contributed by atoms with Gasteiger partial charge in [0.15, 0.2) is 5.96 Å². The van der Waals surface area contributed by atoms with Crippen LogP contribution in [0.15, 0.2) is 29.3 Å². The van der Waals surface area contributed by atoms with Crippen LogP contribution in [0.5, 0.6) is 0 Å². The van der Waals surface area contributed by atoms with Crippen LogP contribution < -0.4 is 16.0 Å². The first kappa shape index (κ1) is 23.0. The molecule has 0 heterocycles. The van der Waals surface area contributed by atoms with E-state index in [0.29, 0.717) is 19.0 Å². The van der Waals surface area contributed by atoms with Gasteiger partial charge in [0.1, 0.15) is 0 Å². The number of amides is 1. The Labute approximate surface area is 167 Å². The van der Waals surface area contributed by atoms with E-state index in [-0.39, 0.29) is 29.9 Å². The number of carbonyl (C=O) groups excluding carboxylic acids is 1. The zero-order chi connectivity index (χ0) is 17.3. The van der Waals surface area contributed by atoms with Crippen LogP contribution in [-0.4, -0.2) is 38.5 Å². The van der Waals surface area contributed by atoms with Crippen molar-refractivity contribution in [2.75, 3.05) is 26.7 Å². The number of guanidine groups is 1. The minimum atomic E-state index is -0.496. The number of aliphatic imine (C=N–C) groups is 1. The molecule has 0 aliphatic heterocycles. The van der Waals surface area contributed by atoms with Gasteiger partial charge in [-0.05, 0) is 44.9 Å². The SMILES string of the molecule is CCNC(=O)C(C)(C)CNC(=NC)NCCc1ccc(Cl)cc1.I. The molecule has 0 spiro atoms. The topological polar surface area (TPSA) is 65.5 Å². The molecule has 0 atom stereocenters. The van der Waals surface area contributed by atoms with Crippen molar-refractivity contribution < 1.29 is 4.79 Å². The average molecular weight is 467 g/mol. The van der Waals surface area contributed by atoms with Crippen molar-refractivity contribution in [3.8, 4) is 0 Å². The van der Waals surface area contributed by atoms with Gasteiger partial charge >= 0.3 is 0 Å². The van der Waals surface area contributed by atoms with E-state index in [9.17, 15) is 4.79 Å². The number of carbonyl (C=O) groups is 1. The van der Waals surface area contributed by atoms with Crippen molar-refractivity contribution in [3.05, 3.63) is 34.9 Å². The van der Waals surface area contributed by atoms with E-state index in [0.717, 1.165) is 18.0 Å². The molecule has 1 aromatic carbocycles. The van der Waals surface area contributed by atoms with Crippen LogP contribution in [0, 0.1) is 5.41 Å². The third-order valence-corrected chi connectivity index (χ3v) is 3.74. The van der Waals surface area contributed by atoms with Crippen molar-refractivity contribution in [1.29, 1.82) is 0 Å². The normalized spacial score (nSPS) is 11.5. The minimum absolute atomic E-state index is 0. The van der Waals surface area contributed by atoms with Gasteiger partial charge in [-0.15, -0.1) is 24.0 Å². The summed E-state index contributed by atoms with van der Waals surface area (Å²) >= 11 is 5.87. The molecule has 5 nitrogen and oxygen atoms in total. The first-order valence-corrected chi connectivity index (χ1v) is 8.24. The van der Waals surface area contributed by atoms with Crippen molar-refractivity contribution in [3.63, 3.8) is 0 Å². The summed E-state index contributed by atoms with van der Waals surface area (Å²) in [6.07, 6.45) is 0.873. The first-order chi connectivity index (χ1) is 10.9. The zero-order valence-corrected chi connectivity index (χ0v) is 17.9. The number of nitrogens with one attached hydrogen (secondary N) is 3. The molecule has 24 heavy (non-hydrogen) atoms. The second-order valence-corrected chi connectivity index (χ2v) is 6.41. The monoisotopic (exact) mass is 466 g/mol. The van der Waals surface area contributed by atoms with E-state index in [1.54, 1.807) is 7.05 Å². The molecule has 0 saturated heterocycles. The highest BCUT2D eigenvalue weighted by Gasteiger charge is 2.27. The molecule has 1 rings (SSSR count). The fourth-order valence-electron chi connectivity index (χ4n) is 1.98. The minimum Gasteiger partial charge on any atom is -0.356 e. The van der Waals surface area contributed by atoms with Crippen molar-refractivity contribution in [1.82, 2.24) is 16.0 Å². The quantitative estimate of drug-likeness (QED) is 0.329. The maximum Gasteiger partial charge on any atom is 0.227 e. The highest BCUT2D eigenvalue weighted by molar-refractivity contribution is 14.0. The van der Waals surface area contributed by atoms with Gasteiger partial charge in [0.05, 0.1) is 5.41 Å². The molecule has 3 N–H and O–H groups in total. The summed E-state index contributed by atoms with van der Waals surface area (Å²) in [5.74, 6) is 0.723. The molecule has 0 fully saturated rings. The molecular weight excluding hydrogens is 439 g/mol. The second kappa shape index (κ2) is 11.5.